The Labute approximate surface area is 143 Å². The van der Waals surface area contributed by atoms with Gasteiger partial charge in [0, 0.05) is 24.2 Å². The third-order valence-electron chi connectivity index (χ3n) is 4.03. The second-order valence-electron chi connectivity index (χ2n) is 5.55. The molecular weight excluding hydrogens is 332 g/mol. The van der Waals surface area contributed by atoms with Gasteiger partial charge < -0.3 is 14.4 Å². The fourth-order valence-corrected chi connectivity index (χ4v) is 2.80. The molecule has 0 aliphatic carbocycles. The van der Waals surface area contributed by atoms with E-state index in [-0.39, 0.29) is 11.1 Å². The first-order valence-electron chi connectivity index (χ1n) is 7.65. The number of methoxy groups -OCH3 is 2. The van der Waals surface area contributed by atoms with Crippen molar-refractivity contribution >= 4 is 23.5 Å². The van der Waals surface area contributed by atoms with Crippen LogP contribution in [0.1, 0.15) is 40.0 Å². The number of hydrogen-bond acceptors (Lipinski definition) is 7. The van der Waals surface area contributed by atoms with Gasteiger partial charge in [-0.25, -0.2) is 9.59 Å². The summed E-state index contributed by atoms with van der Waals surface area (Å²) in [4.78, 5) is 48.2. The standard InChI is InChI=1S/C16H18N2O7/c1-24-15(20)11-7-10(8-12(9-11)18(22)23)14(19)17-6-4-3-5-13(17)16(21)25-2/h7-9,13H,3-6H2,1-2H3. The minimum Gasteiger partial charge on any atom is -0.467 e. The van der Waals surface area contributed by atoms with Crippen molar-refractivity contribution in [1.82, 2.24) is 4.90 Å². The zero-order valence-corrected chi connectivity index (χ0v) is 13.9. The Morgan fingerprint density at radius 3 is 2.40 bits per heavy atom. The number of nitro benzene ring substituents is 1. The van der Waals surface area contributed by atoms with Crippen LogP contribution in [-0.2, 0) is 14.3 Å². The number of piperidine rings is 1. The molecule has 1 atom stereocenters. The lowest BCUT2D eigenvalue weighted by Gasteiger charge is -2.33. The van der Waals surface area contributed by atoms with E-state index in [0.29, 0.717) is 19.4 Å². The summed E-state index contributed by atoms with van der Waals surface area (Å²) in [5, 5.41) is 11.1. The van der Waals surface area contributed by atoms with Crippen LogP contribution < -0.4 is 0 Å². The number of nitro groups is 1. The summed E-state index contributed by atoms with van der Waals surface area (Å²) >= 11 is 0. The van der Waals surface area contributed by atoms with Crippen LogP contribution in [-0.4, -0.2) is 54.5 Å². The normalized spacial score (nSPS) is 16.9. The lowest BCUT2D eigenvalue weighted by molar-refractivity contribution is -0.384. The number of hydrogen-bond donors (Lipinski definition) is 0. The van der Waals surface area contributed by atoms with Gasteiger partial charge in [0.05, 0.1) is 24.7 Å². The number of carbonyl (C=O) groups is 3. The minimum atomic E-state index is -0.791. The van der Waals surface area contributed by atoms with E-state index in [4.69, 9.17) is 4.74 Å². The summed E-state index contributed by atoms with van der Waals surface area (Å²) < 4.78 is 9.30. The zero-order chi connectivity index (χ0) is 18.6. The Bertz CT molecular complexity index is 716. The van der Waals surface area contributed by atoms with E-state index < -0.39 is 34.5 Å². The van der Waals surface area contributed by atoms with Crippen LogP contribution in [0.4, 0.5) is 5.69 Å². The van der Waals surface area contributed by atoms with Gasteiger partial charge in [-0.15, -0.1) is 0 Å². The number of esters is 2. The topological polar surface area (TPSA) is 116 Å². The van der Waals surface area contributed by atoms with Gasteiger partial charge in [-0.2, -0.15) is 0 Å². The molecule has 0 radical (unpaired) electrons. The maximum absolute atomic E-state index is 12.8. The van der Waals surface area contributed by atoms with Crippen molar-refractivity contribution in [3.63, 3.8) is 0 Å². The van der Waals surface area contributed by atoms with Crippen LogP contribution in [0.2, 0.25) is 0 Å². The van der Waals surface area contributed by atoms with Crippen LogP contribution in [0.15, 0.2) is 18.2 Å². The molecule has 0 saturated carbocycles. The molecule has 25 heavy (non-hydrogen) atoms. The zero-order valence-electron chi connectivity index (χ0n) is 13.9. The van der Waals surface area contributed by atoms with Crippen molar-refractivity contribution in [2.75, 3.05) is 20.8 Å². The van der Waals surface area contributed by atoms with E-state index in [1.54, 1.807) is 0 Å². The first kappa shape index (κ1) is 18.4. The summed E-state index contributed by atoms with van der Waals surface area (Å²) in [6, 6.07) is 2.60. The largest absolute Gasteiger partial charge is 0.467 e. The second-order valence-corrected chi connectivity index (χ2v) is 5.55. The van der Waals surface area contributed by atoms with Gasteiger partial charge in [0.25, 0.3) is 11.6 Å². The Morgan fingerprint density at radius 2 is 1.80 bits per heavy atom. The summed E-state index contributed by atoms with van der Waals surface area (Å²) in [6.45, 7) is 0.328. The Kier molecular flexibility index (Phi) is 5.68. The highest BCUT2D eigenvalue weighted by atomic mass is 16.6. The molecule has 9 nitrogen and oxygen atoms in total. The summed E-state index contributed by atoms with van der Waals surface area (Å²) in [6.07, 6.45) is 1.93. The van der Waals surface area contributed by atoms with Crippen LogP contribution in [0.25, 0.3) is 0 Å². The summed E-state index contributed by atoms with van der Waals surface area (Å²) in [5.74, 6) is -1.89. The molecule has 0 spiro atoms. The SMILES string of the molecule is COC(=O)c1cc(C(=O)N2CCCCC2C(=O)OC)cc([N+](=O)[O-])c1. The Balaban J connectivity index is 2.42. The van der Waals surface area contributed by atoms with Crippen LogP contribution in [0.3, 0.4) is 0 Å². The average molecular weight is 350 g/mol. The minimum absolute atomic E-state index is 0.0506. The molecule has 0 N–H and O–H groups in total. The number of rotatable bonds is 4. The molecule has 1 heterocycles. The van der Waals surface area contributed by atoms with Crippen molar-refractivity contribution in [1.29, 1.82) is 0 Å². The lowest BCUT2D eigenvalue weighted by Crippen LogP contribution is -2.48. The van der Waals surface area contributed by atoms with E-state index in [9.17, 15) is 24.5 Å². The smallest absolute Gasteiger partial charge is 0.338 e. The first-order valence-corrected chi connectivity index (χ1v) is 7.65. The summed E-state index contributed by atoms with van der Waals surface area (Å²) in [5.41, 5.74) is -0.560. The number of likely N-dealkylation sites (tertiary alicyclic amines) is 1. The monoisotopic (exact) mass is 350 g/mol. The molecule has 1 aromatic rings. The Hall–Kier alpha value is -2.97. The summed E-state index contributed by atoms with van der Waals surface area (Å²) in [7, 11) is 2.38. The molecule has 9 heteroatoms. The Morgan fingerprint density at radius 1 is 1.12 bits per heavy atom. The third kappa shape index (κ3) is 3.93. The molecule has 0 bridgehead atoms. The number of ether oxygens (including phenoxy) is 2. The second kappa shape index (κ2) is 7.73. The quantitative estimate of drug-likeness (QED) is 0.459. The first-order chi connectivity index (χ1) is 11.9. The van der Waals surface area contributed by atoms with Crippen molar-refractivity contribution in [2.45, 2.75) is 25.3 Å². The molecule has 1 aliphatic rings. The number of carbonyl (C=O) groups excluding carboxylic acids is 3. The van der Waals surface area contributed by atoms with Crippen molar-refractivity contribution in [3.8, 4) is 0 Å². The number of amides is 1. The van der Waals surface area contributed by atoms with Crippen molar-refractivity contribution < 1.29 is 28.8 Å². The molecule has 134 valence electrons. The van der Waals surface area contributed by atoms with Gasteiger partial charge in [0.15, 0.2) is 0 Å². The lowest BCUT2D eigenvalue weighted by atomic mass is 10.00. The molecule has 1 amide bonds. The number of non-ortho nitro benzene ring substituents is 1. The predicted molar refractivity (Wildman–Crippen MR) is 85.1 cm³/mol. The molecule has 1 unspecified atom stereocenters. The van der Waals surface area contributed by atoms with Gasteiger partial charge in [-0.1, -0.05) is 0 Å². The van der Waals surface area contributed by atoms with Crippen LogP contribution >= 0.6 is 0 Å². The predicted octanol–water partition coefficient (Wildman–Crippen LogP) is 1.55. The molecular formula is C16H18N2O7. The molecule has 0 aromatic heterocycles. The maximum Gasteiger partial charge on any atom is 0.338 e. The average Bonchev–Trinajstić information content (AvgIpc) is 2.65. The van der Waals surface area contributed by atoms with Crippen LogP contribution in [0, 0.1) is 10.1 Å². The third-order valence-corrected chi connectivity index (χ3v) is 4.03. The van der Waals surface area contributed by atoms with Crippen LogP contribution in [0.5, 0.6) is 0 Å². The number of benzene rings is 1. The highest BCUT2D eigenvalue weighted by Crippen LogP contribution is 2.24. The number of nitrogens with zero attached hydrogens (tertiary/aromatic N) is 2. The van der Waals surface area contributed by atoms with Crippen molar-refractivity contribution in [3.05, 3.63) is 39.4 Å². The molecule has 1 aromatic carbocycles. The molecule has 1 saturated heterocycles. The molecule has 1 fully saturated rings. The van der Waals surface area contributed by atoms with E-state index in [0.717, 1.165) is 25.7 Å². The van der Waals surface area contributed by atoms with Gasteiger partial charge in [-0.3, -0.25) is 14.9 Å². The van der Waals surface area contributed by atoms with Gasteiger partial charge in [0.2, 0.25) is 0 Å². The van der Waals surface area contributed by atoms with Gasteiger partial charge in [-0.05, 0) is 25.3 Å². The van der Waals surface area contributed by atoms with E-state index in [1.165, 1.54) is 18.1 Å². The maximum atomic E-state index is 12.8. The molecule has 2 rings (SSSR count). The van der Waals surface area contributed by atoms with E-state index in [2.05, 4.69) is 4.74 Å². The van der Waals surface area contributed by atoms with E-state index >= 15 is 0 Å². The van der Waals surface area contributed by atoms with Crippen molar-refractivity contribution in [2.24, 2.45) is 0 Å². The fraction of sp³-hybridized carbons (Fsp3) is 0.438. The fourth-order valence-electron chi connectivity index (χ4n) is 2.80. The highest BCUT2D eigenvalue weighted by molar-refractivity contribution is 6.00. The van der Waals surface area contributed by atoms with E-state index in [1.807, 2.05) is 0 Å². The van der Waals surface area contributed by atoms with Gasteiger partial charge in [0.1, 0.15) is 6.04 Å². The highest BCUT2D eigenvalue weighted by Gasteiger charge is 2.34. The molecule has 1 aliphatic heterocycles. The van der Waals surface area contributed by atoms with Gasteiger partial charge >= 0.3 is 11.9 Å².